The highest BCUT2D eigenvalue weighted by atomic mass is 32.2. The van der Waals surface area contributed by atoms with Crippen molar-refractivity contribution in [3.63, 3.8) is 0 Å². The summed E-state index contributed by atoms with van der Waals surface area (Å²) in [5.41, 5.74) is 35.2. The molecule has 5 nitrogen and oxygen atoms in total. The van der Waals surface area contributed by atoms with Crippen LogP contribution in [0.3, 0.4) is 0 Å². The third kappa shape index (κ3) is 20.8. The van der Waals surface area contributed by atoms with Crippen molar-refractivity contribution in [3.05, 3.63) is 195 Å². The number of hydrogen-bond acceptors (Lipinski definition) is 6. The lowest BCUT2D eigenvalue weighted by Gasteiger charge is -2.31. The van der Waals surface area contributed by atoms with E-state index in [9.17, 15) is 9.59 Å². The molecule has 6 heteroatoms. The van der Waals surface area contributed by atoms with Gasteiger partial charge in [0, 0.05) is 52.4 Å². The lowest BCUT2D eigenvalue weighted by atomic mass is 9.73. The van der Waals surface area contributed by atoms with Crippen LogP contribution in [0.1, 0.15) is 534 Å². The van der Waals surface area contributed by atoms with Gasteiger partial charge in [0.25, 0.3) is 0 Å². The number of rotatable bonds is 0. The summed E-state index contributed by atoms with van der Waals surface area (Å²) in [6, 6.07) is 28.3. The molecule has 6 aromatic carbocycles. The normalized spacial score (nSPS) is 25.4. The molecule has 0 aromatic heterocycles. The van der Waals surface area contributed by atoms with E-state index in [0.717, 1.165) is 67.3 Å². The Morgan fingerprint density at radius 3 is 1.09 bits per heavy atom. The van der Waals surface area contributed by atoms with Gasteiger partial charge in [-0.25, -0.2) is 0 Å². The van der Waals surface area contributed by atoms with E-state index >= 15 is 0 Å². The van der Waals surface area contributed by atoms with Crippen LogP contribution in [0.5, 0.6) is 5.75 Å². The molecule has 128 heavy (non-hydrogen) atoms. The van der Waals surface area contributed by atoms with Gasteiger partial charge in [-0.05, 0) is 289 Å². The van der Waals surface area contributed by atoms with Gasteiger partial charge in [-0.1, -0.05) is 367 Å². The molecule has 12 unspecified atom stereocenters. The largest absolute Gasteiger partial charge is 0.489 e. The number of fused-ring (bicyclic) bond motifs is 18. The predicted octanol–water partition coefficient (Wildman–Crippen LogP) is 33.6. The Morgan fingerprint density at radius 1 is 0.266 bits per heavy atom. The Balaban J connectivity index is 0.000000131. The summed E-state index contributed by atoms with van der Waals surface area (Å²) in [7, 11) is 0. The monoisotopic (exact) mass is 1760 g/mol. The molecule has 12 atom stereocenters. The van der Waals surface area contributed by atoms with Crippen molar-refractivity contribution in [2.75, 3.05) is 13.2 Å². The number of Topliss-reactive ketones (excluding diaryl/α,β-unsaturated/α-hetero) is 2. The van der Waals surface area contributed by atoms with Crippen LogP contribution in [-0.2, 0) is 98.5 Å². The summed E-state index contributed by atoms with van der Waals surface area (Å²) in [6.45, 7) is 84.9. The van der Waals surface area contributed by atoms with E-state index in [1.807, 2.05) is 0 Å². The third-order valence-electron chi connectivity index (χ3n) is 31.9. The second kappa shape index (κ2) is 36.4. The fourth-order valence-electron chi connectivity index (χ4n) is 25.7. The van der Waals surface area contributed by atoms with Gasteiger partial charge in [-0.3, -0.25) is 9.59 Å². The second-order valence-corrected chi connectivity index (χ2v) is 55.7. The Labute approximate surface area is 787 Å². The Morgan fingerprint density at radius 2 is 0.609 bits per heavy atom. The minimum atomic E-state index is 0.0314. The van der Waals surface area contributed by atoms with E-state index in [4.69, 9.17) is 14.2 Å². The van der Waals surface area contributed by atoms with Gasteiger partial charge in [0.1, 0.15) is 23.7 Å². The number of hydrogen-bond donors (Lipinski definition) is 0. The molecular weight excluding hydrogens is 1580 g/mol. The van der Waals surface area contributed by atoms with Crippen molar-refractivity contribution >= 4 is 23.3 Å². The minimum Gasteiger partial charge on any atom is -0.489 e. The highest BCUT2D eigenvalue weighted by Gasteiger charge is 2.50. The van der Waals surface area contributed by atoms with Crippen LogP contribution < -0.4 is 4.74 Å². The zero-order chi connectivity index (χ0) is 94.2. The molecule has 0 N–H and O–H groups in total. The summed E-state index contributed by atoms with van der Waals surface area (Å²) in [6.07, 6.45) is 28.4. The summed E-state index contributed by atoms with van der Waals surface area (Å²) in [5, 5.41) is 0.846. The lowest BCUT2D eigenvalue weighted by molar-refractivity contribution is -0.134. The first kappa shape index (κ1) is 100. The van der Waals surface area contributed by atoms with E-state index in [2.05, 4.69) is 334 Å². The Hall–Kier alpha value is -5.27. The van der Waals surface area contributed by atoms with E-state index < -0.39 is 0 Å². The van der Waals surface area contributed by atoms with E-state index in [0.29, 0.717) is 47.9 Å². The quantitative estimate of drug-likeness (QED) is 0.151. The van der Waals surface area contributed by atoms with Crippen molar-refractivity contribution in [3.8, 4) is 5.75 Å². The predicted molar refractivity (Wildman–Crippen MR) is 548 cm³/mol. The number of ketones is 2. The number of ether oxygens (including phenoxy) is 3. The Bertz CT molecular complexity index is 4610. The molecule has 0 spiro atoms. The van der Waals surface area contributed by atoms with Crippen LogP contribution in [0.15, 0.2) is 77.7 Å². The number of thioether (sulfide) groups is 1. The summed E-state index contributed by atoms with van der Waals surface area (Å²) in [5.74, 6) is 7.27. The molecule has 6 aromatic rings. The van der Waals surface area contributed by atoms with Crippen LogP contribution in [0, 0.1) is 17.8 Å². The number of carbonyl (C=O) groups excluding carboxylic acids is 2. The van der Waals surface area contributed by atoms with Gasteiger partial charge in [0.15, 0.2) is 5.78 Å². The van der Waals surface area contributed by atoms with Gasteiger partial charge in [-0.2, -0.15) is 0 Å². The average Bonchev–Trinajstić information content (AvgIpc) is 1.58. The maximum atomic E-state index is 13.2. The maximum Gasteiger partial charge on any atom is 0.167 e. The molecule has 9 aliphatic carbocycles. The van der Waals surface area contributed by atoms with Crippen molar-refractivity contribution < 1.29 is 23.8 Å². The first-order valence-corrected chi connectivity index (χ1v) is 52.5. The average molecular weight is 1760 g/mol. The van der Waals surface area contributed by atoms with Crippen molar-refractivity contribution in [1.29, 1.82) is 0 Å². The first-order valence-electron chi connectivity index (χ1n) is 51.6. The van der Waals surface area contributed by atoms with E-state index in [1.54, 1.807) is 55.0 Å². The van der Waals surface area contributed by atoms with Gasteiger partial charge in [-0.15, -0.1) is 11.8 Å². The van der Waals surface area contributed by atoms with Crippen LogP contribution >= 0.6 is 11.8 Å². The van der Waals surface area contributed by atoms with Crippen molar-refractivity contribution in [1.82, 2.24) is 0 Å². The van der Waals surface area contributed by atoms with Crippen LogP contribution in [0.25, 0.3) is 0 Å². The highest BCUT2D eigenvalue weighted by molar-refractivity contribution is 8.00. The maximum absolute atomic E-state index is 13.2. The zero-order valence-corrected chi connectivity index (χ0v) is 89.1. The fraction of sp³-hybridized carbons (Fsp3) is 0.689. The molecule has 18 rings (SSSR count). The summed E-state index contributed by atoms with van der Waals surface area (Å²) >= 11 is 2.20. The SMILES string of the molecule is CC(C)(C)c1ccc(C(C)(C)C)c2c1C(=O)C1CCCCC21.CC(C)(C)c1ccc(C(C)(C)C)c2c1CC1CCC(=O)CC21.CC(C)(C)c1ccc(C(C)(C)C)c2c1CC1CCCCC21.CC(C)(C)c1ccc(C(C)(C)C)c2c1CC1OCCOC21.CC(C)(C)c1ccc(C(C)(C)C)c2c1OC1CCCCC21.CC(C)(C)c1ccc(C(C)(C)C)c2c1SC1CCCCC21. The minimum absolute atomic E-state index is 0.0314. The molecule has 704 valence electrons. The molecule has 3 heterocycles. The molecule has 3 aliphatic heterocycles. The molecule has 1 saturated heterocycles. The molecule has 0 amide bonds. The molecular formula is C122H180O5S. The fourth-order valence-corrected chi connectivity index (χ4v) is 27.7. The van der Waals surface area contributed by atoms with Gasteiger partial charge in [0.05, 0.1) is 19.3 Å². The number of carbonyl (C=O) groups is 2. The van der Waals surface area contributed by atoms with Crippen LogP contribution in [0.2, 0.25) is 0 Å². The third-order valence-corrected chi connectivity index (χ3v) is 33.5. The van der Waals surface area contributed by atoms with Crippen molar-refractivity contribution in [2.24, 2.45) is 17.8 Å². The number of benzene rings is 6. The molecule has 0 bridgehead atoms. The zero-order valence-electron chi connectivity index (χ0n) is 88.3. The standard InChI is InChI=1S/2C21H30O.C21H32.C20H30O.C20H30S.C19H28O2/c1-20(2,3)17-9-10-18(21(4,5)6)19-15-12-14(22)8-7-13(15)11-16(17)19;1-20(2,3)15-11-12-16(21(4,5)6)18-17(15)13-9-7-8-10-14(13)19(18)22;1-20(2,3)17-11-12-18(21(4,5)6)19-15-10-8-7-9-14(15)13-16(17)19;2*1-19(2,3)14-11-12-15(20(4,5)6)18-17(14)13-9-7-8-10-16(13)21-18;1-18(2,3)13-7-8-14(19(4,5)6)16-12(13)11-15-17(16)21-10-9-20-15/h9-10,13,15H,7-8,11-12H2,1-6H3;11-14H,7-10H2,1-6H3;11-12,14-15H,7-10,13H2,1-6H3;2*11-13,16H,7-10H2,1-6H3;7-8,15,17H,9-11H2,1-6H3. The van der Waals surface area contributed by atoms with Gasteiger partial charge >= 0.3 is 0 Å². The van der Waals surface area contributed by atoms with E-state index in [1.165, 1.54) is 182 Å². The highest BCUT2D eigenvalue weighted by Crippen LogP contribution is 2.61. The second-order valence-electron chi connectivity index (χ2n) is 54.5. The summed E-state index contributed by atoms with van der Waals surface area (Å²) < 4.78 is 18.6. The lowest BCUT2D eigenvalue weighted by Crippen LogP contribution is -2.30. The topological polar surface area (TPSA) is 61.8 Å². The smallest absolute Gasteiger partial charge is 0.167 e. The Kier molecular flexibility index (Phi) is 28.5. The molecule has 12 aliphatic rings. The van der Waals surface area contributed by atoms with Crippen molar-refractivity contribution in [2.45, 2.75) is 514 Å². The molecule has 5 saturated carbocycles. The van der Waals surface area contributed by atoms with E-state index in [-0.39, 0.29) is 83.1 Å². The first-order chi connectivity index (χ1) is 59.0. The van der Waals surface area contributed by atoms with Crippen LogP contribution in [0.4, 0.5) is 0 Å². The molecule has 6 fully saturated rings. The van der Waals surface area contributed by atoms with Gasteiger partial charge < -0.3 is 14.2 Å². The summed E-state index contributed by atoms with van der Waals surface area (Å²) in [4.78, 5) is 26.9. The van der Waals surface area contributed by atoms with Gasteiger partial charge in [0.2, 0.25) is 0 Å². The molecule has 0 radical (unpaired) electrons. The van der Waals surface area contributed by atoms with Crippen LogP contribution in [-0.4, -0.2) is 42.2 Å².